The smallest absolute Gasteiger partial charge is 0.243 e. The fourth-order valence-electron chi connectivity index (χ4n) is 5.32. The van der Waals surface area contributed by atoms with Crippen molar-refractivity contribution in [3.05, 3.63) is 64.7 Å². The van der Waals surface area contributed by atoms with Crippen LogP contribution >= 0.6 is 0 Å². The third kappa shape index (κ3) is 5.17. The number of nitrogens with zero attached hydrogens (tertiary/aromatic N) is 2. The third-order valence-corrected chi connectivity index (χ3v) is 9.49. The number of benzene rings is 2. The average Bonchev–Trinajstić information content (AvgIpc) is 3.62. The summed E-state index contributed by atoms with van der Waals surface area (Å²) in [5, 5.41) is 0. The Morgan fingerprint density at radius 1 is 1.00 bits per heavy atom. The topological polar surface area (TPSA) is 57.7 Å². The summed E-state index contributed by atoms with van der Waals surface area (Å²) in [5.74, 6) is 0.644. The Morgan fingerprint density at radius 3 is 2.12 bits per heavy atom. The number of piperidine rings is 1. The number of amides is 1. The van der Waals surface area contributed by atoms with Crippen LogP contribution in [0.2, 0.25) is 0 Å². The fraction of sp³-hybridized carbons (Fsp3) is 0.519. The lowest BCUT2D eigenvalue weighted by molar-refractivity contribution is -0.140. The number of hydrogen-bond donors (Lipinski definition) is 0. The lowest BCUT2D eigenvalue weighted by atomic mass is 9.95. The largest absolute Gasteiger partial charge is 0.335 e. The molecule has 33 heavy (non-hydrogen) atoms. The molecule has 1 saturated heterocycles. The molecule has 6 heteroatoms. The highest BCUT2D eigenvalue weighted by atomic mass is 32.2. The lowest BCUT2D eigenvalue weighted by Gasteiger charge is -2.36. The van der Waals surface area contributed by atoms with Gasteiger partial charge in [-0.05, 0) is 76.0 Å². The highest BCUT2D eigenvalue weighted by Gasteiger charge is 2.39. The van der Waals surface area contributed by atoms with Crippen molar-refractivity contribution >= 4 is 15.9 Å². The molecule has 2 aromatic carbocycles. The van der Waals surface area contributed by atoms with Gasteiger partial charge in [0.25, 0.3) is 0 Å². The van der Waals surface area contributed by atoms with Crippen LogP contribution in [0.5, 0.6) is 0 Å². The summed E-state index contributed by atoms with van der Waals surface area (Å²) in [6.07, 6.45) is 3.52. The van der Waals surface area contributed by atoms with E-state index >= 15 is 0 Å². The van der Waals surface area contributed by atoms with Crippen LogP contribution in [-0.2, 0) is 21.4 Å². The Kier molecular flexibility index (Phi) is 6.96. The average molecular weight is 469 g/mol. The summed E-state index contributed by atoms with van der Waals surface area (Å²) in [6.45, 7) is 9.29. The number of carbonyl (C=O) groups excluding carboxylic acids is 1. The van der Waals surface area contributed by atoms with Gasteiger partial charge in [-0.25, -0.2) is 8.42 Å². The van der Waals surface area contributed by atoms with E-state index in [9.17, 15) is 13.2 Å². The molecule has 1 heterocycles. The van der Waals surface area contributed by atoms with E-state index in [0.29, 0.717) is 43.3 Å². The van der Waals surface area contributed by atoms with E-state index in [-0.39, 0.29) is 17.9 Å². The van der Waals surface area contributed by atoms with Crippen LogP contribution in [0.25, 0.3) is 0 Å². The van der Waals surface area contributed by atoms with E-state index in [1.54, 1.807) is 4.31 Å². The van der Waals surface area contributed by atoms with Gasteiger partial charge in [0.2, 0.25) is 15.9 Å². The van der Waals surface area contributed by atoms with Crippen molar-refractivity contribution in [1.29, 1.82) is 0 Å². The molecule has 0 bridgehead atoms. The monoisotopic (exact) mass is 468 g/mol. The van der Waals surface area contributed by atoms with E-state index in [0.717, 1.165) is 22.3 Å². The lowest BCUT2D eigenvalue weighted by Crippen LogP contribution is -2.47. The second-order valence-corrected chi connectivity index (χ2v) is 11.8. The summed E-state index contributed by atoms with van der Waals surface area (Å²) >= 11 is 0. The van der Waals surface area contributed by atoms with Gasteiger partial charge in [0.05, 0.1) is 4.90 Å². The Hall–Kier alpha value is -2.18. The Balaban J connectivity index is 1.47. The molecule has 0 N–H and O–H groups in total. The molecular weight excluding hydrogens is 432 g/mol. The summed E-state index contributed by atoms with van der Waals surface area (Å²) in [4.78, 5) is 16.1. The van der Waals surface area contributed by atoms with Gasteiger partial charge >= 0.3 is 0 Å². The maximum atomic E-state index is 13.6. The maximum Gasteiger partial charge on any atom is 0.243 e. The molecule has 0 spiro atoms. The van der Waals surface area contributed by atoms with Gasteiger partial charge in [-0.1, -0.05) is 48.0 Å². The zero-order valence-corrected chi connectivity index (χ0v) is 21.1. The summed E-state index contributed by atoms with van der Waals surface area (Å²) in [7, 11) is -3.57. The van der Waals surface area contributed by atoms with E-state index in [1.807, 2.05) is 51.1 Å². The fourth-order valence-corrected chi connectivity index (χ4v) is 7.20. The number of aryl methyl sites for hydroxylation is 3. The van der Waals surface area contributed by atoms with Gasteiger partial charge in [0, 0.05) is 31.6 Å². The summed E-state index contributed by atoms with van der Waals surface area (Å²) < 4.78 is 28.4. The predicted octanol–water partition coefficient (Wildman–Crippen LogP) is 4.84. The van der Waals surface area contributed by atoms with Crippen LogP contribution in [0, 0.1) is 32.6 Å². The van der Waals surface area contributed by atoms with Crippen molar-refractivity contribution in [3.8, 4) is 0 Å². The van der Waals surface area contributed by atoms with Gasteiger partial charge in [-0.2, -0.15) is 4.31 Å². The molecule has 5 nitrogen and oxygen atoms in total. The van der Waals surface area contributed by atoms with Crippen molar-refractivity contribution in [3.63, 3.8) is 0 Å². The third-order valence-electron chi connectivity index (χ3n) is 7.28. The molecule has 2 aromatic rings. The van der Waals surface area contributed by atoms with Gasteiger partial charge in [-0.15, -0.1) is 0 Å². The molecule has 178 valence electrons. The highest BCUT2D eigenvalue weighted by molar-refractivity contribution is 7.89. The van der Waals surface area contributed by atoms with E-state index in [2.05, 4.69) is 24.0 Å². The van der Waals surface area contributed by atoms with Crippen LogP contribution < -0.4 is 0 Å². The van der Waals surface area contributed by atoms with Gasteiger partial charge < -0.3 is 4.90 Å². The van der Waals surface area contributed by atoms with Gasteiger partial charge in [0.15, 0.2) is 0 Å². The minimum absolute atomic E-state index is 0.124. The number of sulfonamides is 1. The number of hydrogen-bond acceptors (Lipinski definition) is 3. The normalized spacial score (nSPS) is 18.8. The van der Waals surface area contributed by atoms with Crippen LogP contribution in [0.4, 0.5) is 0 Å². The zero-order chi connectivity index (χ0) is 23.8. The summed E-state index contributed by atoms with van der Waals surface area (Å²) in [5.41, 5.74) is 3.79. The summed E-state index contributed by atoms with van der Waals surface area (Å²) in [6, 6.07) is 14.2. The van der Waals surface area contributed by atoms with E-state index in [1.165, 1.54) is 12.8 Å². The quantitative estimate of drug-likeness (QED) is 0.584. The van der Waals surface area contributed by atoms with Crippen molar-refractivity contribution in [2.75, 3.05) is 13.1 Å². The minimum atomic E-state index is -3.57. The molecule has 1 atom stereocenters. The van der Waals surface area contributed by atoms with E-state index < -0.39 is 10.0 Å². The zero-order valence-electron chi connectivity index (χ0n) is 20.3. The molecule has 1 saturated carbocycles. The van der Waals surface area contributed by atoms with E-state index in [4.69, 9.17) is 0 Å². The number of rotatable bonds is 7. The predicted molar refractivity (Wildman–Crippen MR) is 131 cm³/mol. The van der Waals surface area contributed by atoms with Crippen LogP contribution in [0.3, 0.4) is 0 Å². The van der Waals surface area contributed by atoms with Crippen molar-refractivity contribution in [1.82, 2.24) is 9.21 Å². The number of carbonyl (C=O) groups is 1. The molecule has 1 aliphatic carbocycles. The SMILES string of the molecule is Cc1cc(C)c(S(=O)(=O)N2CCC(C(=O)N(Cc3ccccc3)C(C)C3CC3)CC2)c(C)c1. The molecule has 2 aliphatic rings. The molecule has 1 amide bonds. The second-order valence-electron chi connectivity index (χ2n) is 9.94. The molecule has 4 rings (SSSR count). The highest BCUT2D eigenvalue weighted by Crippen LogP contribution is 2.37. The molecule has 0 aromatic heterocycles. The van der Waals surface area contributed by atoms with Crippen molar-refractivity contribution in [2.24, 2.45) is 11.8 Å². The minimum Gasteiger partial charge on any atom is -0.335 e. The maximum absolute atomic E-state index is 13.6. The first-order valence-corrected chi connectivity index (χ1v) is 13.5. The molecule has 1 aliphatic heterocycles. The van der Waals surface area contributed by atoms with Gasteiger partial charge in [0.1, 0.15) is 0 Å². The van der Waals surface area contributed by atoms with Crippen molar-refractivity contribution in [2.45, 2.75) is 70.9 Å². The molecule has 2 fully saturated rings. The first kappa shape index (κ1) is 24.0. The molecule has 1 unspecified atom stereocenters. The second kappa shape index (κ2) is 9.59. The Bertz CT molecular complexity index is 1080. The van der Waals surface area contributed by atoms with Gasteiger partial charge in [-0.3, -0.25) is 4.79 Å². The first-order valence-electron chi connectivity index (χ1n) is 12.1. The Labute approximate surface area is 198 Å². The van der Waals surface area contributed by atoms with Crippen LogP contribution in [0.15, 0.2) is 47.4 Å². The first-order chi connectivity index (χ1) is 15.7. The van der Waals surface area contributed by atoms with Crippen LogP contribution in [-0.4, -0.2) is 42.7 Å². The standard InChI is InChI=1S/C27H36N2O3S/c1-19-16-20(2)26(21(3)17-19)33(31,32)28-14-12-25(13-15-28)27(30)29(22(4)24-10-11-24)18-23-8-6-5-7-9-23/h5-9,16-17,22,24-25H,10-15,18H2,1-4H3. The molecular formula is C27H36N2O3S. The van der Waals surface area contributed by atoms with Crippen molar-refractivity contribution < 1.29 is 13.2 Å². The molecule has 0 radical (unpaired) electrons. The Morgan fingerprint density at radius 2 is 1.58 bits per heavy atom. The van der Waals surface area contributed by atoms with Crippen LogP contribution in [0.1, 0.15) is 54.9 Å².